The van der Waals surface area contributed by atoms with Gasteiger partial charge in [-0.3, -0.25) is 9.59 Å². The average Bonchev–Trinajstić information content (AvgIpc) is 3.12. The van der Waals surface area contributed by atoms with E-state index in [2.05, 4.69) is 22.4 Å². The summed E-state index contributed by atoms with van der Waals surface area (Å²) >= 11 is 0. The van der Waals surface area contributed by atoms with Gasteiger partial charge in [-0.05, 0) is 42.7 Å². The Balaban J connectivity index is 1.72. The minimum atomic E-state index is -0.810. The molecular formula is C17H21N3O4. The molecular weight excluding hydrogens is 310 g/mol. The van der Waals surface area contributed by atoms with Crippen LogP contribution >= 0.6 is 0 Å². The van der Waals surface area contributed by atoms with Gasteiger partial charge in [0.15, 0.2) is 0 Å². The Morgan fingerprint density at radius 1 is 1.33 bits per heavy atom. The standard InChI is InChI=1S/C17H21N3O4/c1-2-9-23-14-7-5-13(6-8-14)11-19-20-17(22)16(21)18-12-15-4-3-10-24-15/h2,5-8,11,15H,1,3-4,9-10,12H2,(H,18,21)(H,20,22)/b19-11-/t15-/m0/s1. The summed E-state index contributed by atoms with van der Waals surface area (Å²) in [5, 5.41) is 6.29. The molecule has 1 aromatic rings. The molecule has 1 fully saturated rings. The quantitative estimate of drug-likeness (QED) is 0.338. The lowest BCUT2D eigenvalue weighted by atomic mass is 10.2. The summed E-state index contributed by atoms with van der Waals surface area (Å²) in [7, 11) is 0. The summed E-state index contributed by atoms with van der Waals surface area (Å²) in [4.78, 5) is 23.2. The number of benzene rings is 1. The number of hydrazone groups is 1. The van der Waals surface area contributed by atoms with Crippen LogP contribution in [0.3, 0.4) is 0 Å². The van der Waals surface area contributed by atoms with Gasteiger partial charge in [0.05, 0.1) is 12.3 Å². The number of carbonyl (C=O) groups excluding carboxylic acids is 2. The van der Waals surface area contributed by atoms with Crippen molar-refractivity contribution in [3.63, 3.8) is 0 Å². The van der Waals surface area contributed by atoms with Crippen LogP contribution in [0, 0.1) is 0 Å². The van der Waals surface area contributed by atoms with Crippen LogP contribution < -0.4 is 15.5 Å². The highest BCUT2D eigenvalue weighted by Gasteiger charge is 2.18. The zero-order valence-electron chi connectivity index (χ0n) is 13.4. The van der Waals surface area contributed by atoms with Gasteiger partial charge in [-0.2, -0.15) is 5.10 Å². The first-order valence-electron chi connectivity index (χ1n) is 7.75. The minimum Gasteiger partial charge on any atom is -0.490 e. The molecule has 0 unspecified atom stereocenters. The topological polar surface area (TPSA) is 89.0 Å². The molecule has 1 aliphatic heterocycles. The average molecular weight is 331 g/mol. The molecule has 1 aromatic carbocycles. The zero-order valence-corrected chi connectivity index (χ0v) is 13.4. The third-order valence-electron chi connectivity index (χ3n) is 3.35. The lowest BCUT2D eigenvalue weighted by molar-refractivity contribution is -0.139. The summed E-state index contributed by atoms with van der Waals surface area (Å²) in [6.45, 7) is 5.05. The highest BCUT2D eigenvalue weighted by molar-refractivity contribution is 6.35. The van der Waals surface area contributed by atoms with Crippen LogP contribution in [0.25, 0.3) is 0 Å². The fraction of sp³-hybridized carbons (Fsp3) is 0.353. The van der Waals surface area contributed by atoms with Crippen molar-refractivity contribution in [2.75, 3.05) is 19.8 Å². The second kappa shape index (κ2) is 9.46. The first-order chi connectivity index (χ1) is 11.7. The van der Waals surface area contributed by atoms with Crippen molar-refractivity contribution < 1.29 is 19.1 Å². The van der Waals surface area contributed by atoms with E-state index in [1.54, 1.807) is 30.3 Å². The van der Waals surface area contributed by atoms with E-state index in [0.717, 1.165) is 18.4 Å². The van der Waals surface area contributed by atoms with Gasteiger partial charge in [0.25, 0.3) is 0 Å². The first kappa shape index (κ1) is 17.7. The molecule has 1 heterocycles. The van der Waals surface area contributed by atoms with Crippen molar-refractivity contribution in [1.82, 2.24) is 10.7 Å². The molecule has 1 atom stereocenters. The zero-order chi connectivity index (χ0) is 17.2. The number of nitrogens with zero attached hydrogens (tertiary/aromatic N) is 1. The van der Waals surface area contributed by atoms with Gasteiger partial charge in [0, 0.05) is 13.2 Å². The molecule has 0 aliphatic carbocycles. The van der Waals surface area contributed by atoms with E-state index in [0.29, 0.717) is 25.5 Å². The van der Waals surface area contributed by atoms with E-state index in [-0.39, 0.29) is 6.10 Å². The van der Waals surface area contributed by atoms with E-state index in [1.165, 1.54) is 6.21 Å². The molecule has 0 spiro atoms. The molecule has 0 saturated carbocycles. The maximum absolute atomic E-state index is 11.6. The van der Waals surface area contributed by atoms with Crippen LogP contribution in [0.2, 0.25) is 0 Å². The lowest BCUT2D eigenvalue weighted by Gasteiger charge is -2.09. The third kappa shape index (κ3) is 5.85. The molecule has 7 heteroatoms. The molecule has 128 valence electrons. The number of ether oxygens (including phenoxy) is 2. The summed E-state index contributed by atoms with van der Waals surface area (Å²) in [6, 6.07) is 7.12. The number of carbonyl (C=O) groups is 2. The smallest absolute Gasteiger partial charge is 0.329 e. The first-order valence-corrected chi connectivity index (χ1v) is 7.75. The van der Waals surface area contributed by atoms with Gasteiger partial charge in [0.1, 0.15) is 12.4 Å². The molecule has 2 amide bonds. The number of amides is 2. The Labute approximate surface area is 140 Å². The Hall–Kier alpha value is -2.67. The SMILES string of the molecule is C=CCOc1ccc(/C=N\NC(=O)C(=O)NC[C@@H]2CCCO2)cc1. The molecule has 24 heavy (non-hydrogen) atoms. The van der Waals surface area contributed by atoms with Gasteiger partial charge >= 0.3 is 11.8 Å². The minimum absolute atomic E-state index is 0.00734. The Morgan fingerprint density at radius 3 is 2.79 bits per heavy atom. The Bertz CT molecular complexity index is 592. The highest BCUT2D eigenvalue weighted by Crippen LogP contribution is 2.11. The summed E-state index contributed by atoms with van der Waals surface area (Å²) < 4.78 is 10.7. The molecule has 0 bridgehead atoms. The Morgan fingerprint density at radius 2 is 2.12 bits per heavy atom. The number of nitrogens with one attached hydrogen (secondary N) is 2. The van der Waals surface area contributed by atoms with E-state index in [1.807, 2.05) is 0 Å². The van der Waals surface area contributed by atoms with Crippen LogP contribution in [0.15, 0.2) is 42.0 Å². The summed E-state index contributed by atoms with van der Waals surface area (Å²) in [6.07, 6.45) is 4.98. The molecule has 2 rings (SSSR count). The third-order valence-corrected chi connectivity index (χ3v) is 3.35. The number of rotatable bonds is 7. The highest BCUT2D eigenvalue weighted by atomic mass is 16.5. The molecule has 2 N–H and O–H groups in total. The van der Waals surface area contributed by atoms with E-state index >= 15 is 0 Å². The largest absolute Gasteiger partial charge is 0.490 e. The van der Waals surface area contributed by atoms with Crippen LogP contribution in [0.5, 0.6) is 5.75 Å². The second-order valence-electron chi connectivity index (χ2n) is 5.21. The summed E-state index contributed by atoms with van der Waals surface area (Å²) in [5.74, 6) is -0.824. The van der Waals surface area contributed by atoms with Crippen molar-refractivity contribution in [2.24, 2.45) is 5.10 Å². The van der Waals surface area contributed by atoms with Crippen LogP contribution in [-0.4, -0.2) is 43.9 Å². The molecule has 7 nitrogen and oxygen atoms in total. The molecule has 1 saturated heterocycles. The molecule has 0 radical (unpaired) electrons. The van der Waals surface area contributed by atoms with E-state index in [9.17, 15) is 9.59 Å². The fourth-order valence-electron chi connectivity index (χ4n) is 2.11. The second-order valence-corrected chi connectivity index (χ2v) is 5.21. The van der Waals surface area contributed by atoms with E-state index < -0.39 is 11.8 Å². The van der Waals surface area contributed by atoms with Crippen LogP contribution in [0.4, 0.5) is 0 Å². The predicted molar refractivity (Wildman–Crippen MR) is 89.9 cm³/mol. The predicted octanol–water partition coefficient (Wildman–Crippen LogP) is 0.997. The molecule has 0 aromatic heterocycles. The van der Waals surface area contributed by atoms with Gasteiger partial charge in [-0.15, -0.1) is 0 Å². The summed E-state index contributed by atoms with van der Waals surface area (Å²) in [5.41, 5.74) is 2.95. The number of hydrogen-bond acceptors (Lipinski definition) is 5. The number of hydrogen-bond donors (Lipinski definition) is 2. The van der Waals surface area contributed by atoms with Crippen molar-refractivity contribution in [3.8, 4) is 5.75 Å². The fourth-order valence-corrected chi connectivity index (χ4v) is 2.11. The van der Waals surface area contributed by atoms with E-state index in [4.69, 9.17) is 9.47 Å². The lowest BCUT2D eigenvalue weighted by Crippen LogP contribution is -2.41. The van der Waals surface area contributed by atoms with Crippen LogP contribution in [-0.2, 0) is 14.3 Å². The van der Waals surface area contributed by atoms with Crippen molar-refractivity contribution in [3.05, 3.63) is 42.5 Å². The van der Waals surface area contributed by atoms with Crippen LogP contribution in [0.1, 0.15) is 18.4 Å². The maximum atomic E-state index is 11.6. The Kier molecular flexibility index (Phi) is 6.97. The maximum Gasteiger partial charge on any atom is 0.329 e. The van der Waals surface area contributed by atoms with Gasteiger partial charge in [0.2, 0.25) is 0 Å². The monoisotopic (exact) mass is 331 g/mol. The van der Waals surface area contributed by atoms with Gasteiger partial charge in [-0.1, -0.05) is 12.7 Å². The van der Waals surface area contributed by atoms with Gasteiger partial charge in [-0.25, -0.2) is 5.43 Å². The molecule has 1 aliphatic rings. The van der Waals surface area contributed by atoms with Crippen molar-refractivity contribution in [2.45, 2.75) is 18.9 Å². The van der Waals surface area contributed by atoms with Gasteiger partial charge < -0.3 is 14.8 Å². The van der Waals surface area contributed by atoms with Crippen molar-refractivity contribution in [1.29, 1.82) is 0 Å². The normalized spacial score (nSPS) is 16.8. The van der Waals surface area contributed by atoms with Crippen molar-refractivity contribution >= 4 is 18.0 Å².